The predicted octanol–water partition coefficient (Wildman–Crippen LogP) is 8.72. The molecular weight excluding hydrogens is 464 g/mol. The average molecular weight is 501 g/mol. The molecule has 2 aliphatic heterocycles. The molecule has 6 rings (SSSR count). The first-order chi connectivity index (χ1) is 18.3. The minimum absolute atomic E-state index is 0.113. The Morgan fingerprint density at radius 3 is 1.89 bits per heavy atom. The van der Waals surface area contributed by atoms with Gasteiger partial charge in [-0.2, -0.15) is 0 Å². The van der Waals surface area contributed by atoms with Crippen LogP contribution in [0.3, 0.4) is 0 Å². The van der Waals surface area contributed by atoms with Crippen molar-refractivity contribution < 1.29 is 4.74 Å². The number of fused-ring (bicyclic) bond motifs is 6. The van der Waals surface area contributed by atoms with E-state index in [2.05, 4.69) is 124 Å². The maximum atomic E-state index is 5.74. The second-order valence-corrected chi connectivity index (χ2v) is 11.0. The van der Waals surface area contributed by atoms with Gasteiger partial charge in [0.05, 0.1) is 12.8 Å². The molecule has 1 atom stereocenters. The second-order valence-electron chi connectivity index (χ2n) is 11.0. The Morgan fingerprint density at radius 2 is 1.24 bits per heavy atom. The highest BCUT2D eigenvalue weighted by molar-refractivity contribution is 5.94. The number of rotatable bonds is 3. The summed E-state index contributed by atoms with van der Waals surface area (Å²) in [5, 5.41) is 0. The van der Waals surface area contributed by atoms with Crippen LogP contribution in [-0.2, 0) is 6.42 Å². The molecule has 0 aromatic heterocycles. The van der Waals surface area contributed by atoms with Gasteiger partial charge in [0.25, 0.3) is 0 Å². The second kappa shape index (κ2) is 9.09. The maximum Gasteiger partial charge on any atom is 0.123 e. The summed E-state index contributed by atoms with van der Waals surface area (Å²) in [5.41, 5.74) is 16.6. The molecule has 3 nitrogen and oxygen atoms in total. The monoisotopic (exact) mass is 500 g/mol. The van der Waals surface area contributed by atoms with Gasteiger partial charge in [-0.15, -0.1) is 0 Å². The fourth-order valence-corrected chi connectivity index (χ4v) is 6.58. The third-order valence-electron chi connectivity index (χ3n) is 8.25. The summed E-state index contributed by atoms with van der Waals surface area (Å²) < 4.78 is 5.74. The smallest absolute Gasteiger partial charge is 0.123 e. The summed E-state index contributed by atoms with van der Waals surface area (Å²) in [6.45, 7) is 13.3. The first kappa shape index (κ1) is 24.4. The number of methoxy groups -OCH3 is 1. The SMILES string of the molecule is COc1cccc(N2C(C)=C(C)N3c4c(-c5cc(C)cc(C)c5)cccc4-c4cc(C)cc(c4)C[C@H]23)c1C. The summed E-state index contributed by atoms with van der Waals surface area (Å²) >= 11 is 0. The van der Waals surface area contributed by atoms with E-state index in [0.29, 0.717) is 0 Å². The van der Waals surface area contributed by atoms with E-state index in [1.54, 1.807) is 7.11 Å². The quantitative estimate of drug-likeness (QED) is 0.280. The highest BCUT2D eigenvalue weighted by atomic mass is 16.5. The molecule has 0 aliphatic carbocycles. The van der Waals surface area contributed by atoms with Crippen molar-refractivity contribution in [2.45, 2.75) is 54.1 Å². The van der Waals surface area contributed by atoms with Crippen LogP contribution in [0, 0.1) is 27.7 Å². The molecule has 0 amide bonds. The zero-order chi connectivity index (χ0) is 26.7. The molecule has 0 spiro atoms. The standard InChI is InChI=1S/C35H36N2O/c1-21-14-22(2)17-28(16-21)30-10-8-11-31-29-18-23(3)15-27(19-29)20-34-36(25(5)26(6)37(34)35(30)31)32-12-9-13-33(38-7)24(32)4/h8-19,34H,20H2,1-7H3/t34-/m1/s1. The number of ether oxygens (including phenoxy) is 1. The molecular formula is C35H36N2O. The van der Waals surface area contributed by atoms with Crippen molar-refractivity contribution in [3.8, 4) is 28.0 Å². The van der Waals surface area contributed by atoms with E-state index in [1.807, 2.05) is 0 Å². The van der Waals surface area contributed by atoms with Crippen molar-refractivity contribution in [1.29, 1.82) is 0 Å². The van der Waals surface area contributed by atoms with Gasteiger partial charge in [0.1, 0.15) is 11.9 Å². The Bertz CT molecular complexity index is 1590. The van der Waals surface area contributed by atoms with Crippen LogP contribution < -0.4 is 14.5 Å². The minimum atomic E-state index is 0.113. The molecule has 0 saturated heterocycles. The molecule has 4 aromatic rings. The van der Waals surface area contributed by atoms with Gasteiger partial charge in [-0.05, 0) is 70.4 Å². The number of aryl methyl sites for hydroxylation is 3. The molecule has 4 aromatic carbocycles. The summed E-state index contributed by atoms with van der Waals surface area (Å²) in [4.78, 5) is 5.13. The van der Waals surface area contributed by atoms with Crippen LogP contribution in [0.1, 0.15) is 41.7 Å². The van der Waals surface area contributed by atoms with E-state index in [1.165, 1.54) is 72.8 Å². The fourth-order valence-electron chi connectivity index (χ4n) is 6.58. The van der Waals surface area contributed by atoms with Crippen molar-refractivity contribution in [2.24, 2.45) is 0 Å². The van der Waals surface area contributed by atoms with Gasteiger partial charge in [-0.25, -0.2) is 0 Å². The summed E-state index contributed by atoms with van der Waals surface area (Å²) in [6, 6.07) is 27.2. The Labute approximate surface area is 227 Å². The van der Waals surface area contributed by atoms with Gasteiger partial charge in [-0.3, -0.25) is 0 Å². The van der Waals surface area contributed by atoms with Crippen LogP contribution in [0.15, 0.2) is 84.2 Å². The normalized spacial score (nSPS) is 16.2. The third kappa shape index (κ3) is 3.80. The van der Waals surface area contributed by atoms with E-state index in [9.17, 15) is 0 Å². The number of allylic oxidation sites excluding steroid dienone is 2. The first-order valence-electron chi connectivity index (χ1n) is 13.5. The van der Waals surface area contributed by atoms with Crippen molar-refractivity contribution >= 4 is 11.4 Å². The van der Waals surface area contributed by atoms with Gasteiger partial charge in [-0.1, -0.05) is 77.4 Å². The maximum absolute atomic E-state index is 5.74. The van der Waals surface area contributed by atoms with Crippen LogP contribution in [0.25, 0.3) is 22.3 Å². The van der Waals surface area contributed by atoms with Crippen molar-refractivity contribution in [3.05, 3.63) is 112 Å². The molecule has 0 saturated carbocycles. The molecule has 0 fully saturated rings. The predicted molar refractivity (Wildman–Crippen MR) is 160 cm³/mol. The highest BCUT2D eigenvalue weighted by Crippen LogP contribution is 2.49. The molecule has 0 radical (unpaired) electrons. The lowest BCUT2D eigenvalue weighted by Crippen LogP contribution is -2.43. The van der Waals surface area contributed by atoms with E-state index in [0.717, 1.165) is 12.2 Å². The van der Waals surface area contributed by atoms with Crippen LogP contribution in [0.4, 0.5) is 11.4 Å². The fraction of sp³-hybridized carbons (Fsp3) is 0.257. The van der Waals surface area contributed by atoms with E-state index in [4.69, 9.17) is 4.74 Å². The zero-order valence-corrected chi connectivity index (χ0v) is 23.5. The third-order valence-corrected chi connectivity index (χ3v) is 8.25. The number of hydrogen-bond donors (Lipinski definition) is 0. The zero-order valence-electron chi connectivity index (χ0n) is 23.5. The summed E-state index contributed by atoms with van der Waals surface area (Å²) in [7, 11) is 1.76. The van der Waals surface area contributed by atoms with E-state index < -0.39 is 0 Å². The Kier molecular flexibility index (Phi) is 5.83. The first-order valence-corrected chi connectivity index (χ1v) is 13.5. The largest absolute Gasteiger partial charge is 0.496 e. The molecule has 3 heteroatoms. The van der Waals surface area contributed by atoms with Gasteiger partial charge < -0.3 is 14.5 Å². The number of hydrogen-bond acceptors (Lipinski definition) is 3. The van der Waals surface area contributed by atoms with Crippen molar-refractivity contribution in [3.63, 3.8) is 0 Å². The number of benzene rings is 4. The van der Waals surface area contributed by atoms with Crippen LogP contribution in [0.5, 0.6) is 5.75 Å². The molecule has 2 heterocycles. The van der Waals surface area contributed by atoms with Gasteiger partial charge in [0, 0.05) is 40.2 Å². The van der Waals surface area contributed by atoms with Crippen LogP contribution in [0.2, 0.25) is 0 Å². The van der Waals surface area contributed by atoms with Gasteiger partial charge in [0.2, 0.25) is 0 Å². The van der Waals surface area contributed by atoms with E-state index in [-0.39, 0.29) is 6.17 Å². The summed E-state index contributed by atoms with van der Waals surface area (Å²) in [6.07, 6.45) is 1.03. The number of para-hydroxylation sites is 1. The summed E-state index contributed by atoms with van der Waals surface area (Å²) in [5.74, 6) is 0.923. The molecule has 38 heavy (non-hydrogen) atoms. The van der Waals surface area contributed by atoms with E-state index >= 15 is 0 Å². The van der Waals surface area contributed by atoms with Gasteiger partial charge in [0.15, 0.2) is 0 Å². The molecule has 2 aliphatic rings. The minimum Gasteiger partial charge on any atom is -0.496 e. The lowest BCUT2D eigenvalue weighted by atomic mass is 9.89. The Balaban J connectivity index is 1.66. The molecule has 2 bridgehead atoms. The lowest BCUT2D eigenvalue weighted by Gasteiger charge is -2.39. The molecule has 0 unspecified atom stereocenters. The molecule has 192 valence electrons. The van der Waals surface area contributed by atoms with Gasteiger partial charge >= 0.3 is 0 Å². The van der Waals surface area contributed by atoms with Crippen LogP contribution >= 0.6 is 0 Å². The number of nitrogens with zero attached hydrogens (tertiary/aromatic N) is 2. The van der Waals surface area contributed by atoms with Crippen LogP contribution in [-0.4, -0.2) is 13.3 Å². The molecule has 0 N–H and O–H groups in total. The van der Waals surface area contributed by atoms with Crippen molar-refractivity contribution in [1.82, 2.24) is 0 Å². The highest BCUT2D eigenvalue weighted by Gasteiger charge is 2.40. The number of anilines is 2. The topological polar surface area (TPSA) is 15.7 Å². The Hall–Kier alpha value is -3.98. The van der Waals surface area contributed by atoms with Crippen molar-refractivity contribution in [2.75, 3.05) is 16.9 Å². The lowest BCUT2D eigenvalue weighted by molar-refractivity contribution is 0.411. The Morgan fingerprint density at radius 1 is 0.658 bits per heavy atom. The average Bonchev–Trinajstić information content (AvgIpc) is 3.10.